The Morgan fingerprint density at radius 3 is 2.73 bits per heavy atom. The van der Waals surface area contributed by atoms with Crippen LogP contribution in [-0.2, 0) is 23.1 Å². The number of hydrogen-bond acceptors (Lipinski definition) is 14. The lowest BCUT2D eigenvalue weighted by Gasteiger charge is -2.21. The van der Waals surface area contributed by atoms with Crippen LogP contribution in [0.5, 0.6) is 0 Å². The van der Waals surface area contributed by atoms with Crippen molar-refractivity contribution < 1.29 is 38.2 Å². The van der Waals surface area contributed by atoms with Gasteiger partial charge < -0.3 is 36.0 Å². The van der Waals surface area contributed by atoms with Crippen molar-refractivity contribution in [3.8, 4) is 0 Å². The number of imidazole rings is 1. The minimum absolute atomic E-state index is 0.00435. The van der Waals surface area contributed by atoms with Gasteiger partial charge in [0.15, 0.2) is 17.7 Å². The normalized spacial score (nSPS) is 31.6. The largest absolute Gasteiger partial charge is 0.472 e. The van der Waals surface area contributed by atoms with E-state index < -0.39 is 63.1 Å². The molecule has 0 bridgehead atoms. The Hall–Kier alpha value is -3.02. The van der Waals surface area contributed by atoms with E-state index in [4.69, 9.17) is 30.0 Å². The van der Waals surface area contributed by atoms with E-state index in [0.29, 0.717) is 0 Å². The van der Waals surface area contributed by atoms with Crippen LogP contribution in [0.15, 0.2) is 29.7 Å². The topological polar surface area (TPSA) is 245 Å². The molecule has 37 heavy (non-hydrogen) atoms. The summed E-state index contributed by atoms with van der Waals surface area (Å²) in [5.74, 6) is 0.156. The molecule has 1 unspecified atom stereocenters. The summed E-state index contributed by atoms with van der Waals surface area (Å²) >= 11 is 0. The molecule has 3 aromatic rings. The summed E-state index contributed by atoms with van der Waals surface area (Å²) in [6.45, 7) is 3.13. The van der Waals surface area contributed by atoms with E-state index in [1.165, 1.54) is 29.5 Å². The third kappa shape index (κ3) is 4.95. The highest BCUT2D eigenvalue weighted by Crippen LogP contribution is 2.49. The molecule has 5 rings (SSSR count). The zero-order valence-corrected chi connectivity index (χ0v) is 19.9. The van der Waals surface area contributed by atoms with Crippen LogP contribution in [0.1, 0.15) is 18.9 Å². The van der Waals surface area contributed by atoms with E-state index >= 15 is 0 Å². The summed E-state index contributed by atoms with van der Waals surface area (Å²) in [5, 5.41) is 21.0. The highest BCUT2D eigenvalue weighted by Gasteiger charge is 2.46. The molecule has 18 heteroatoms. The predicted molar refractivity (Wildman–Crippen MR) is 123 cm³/mol. The number of hydrogen-bond donors (Lipinski definition) is 5. The monoisotopic (exact) mass is 539 g/mol. The van der Waals surface area contributed by atoms with E-state index in [1.807, 2.05) is 0 Å². The number of aliphatic hydroxyl groups is 2. The van der Waals surface area contributed by atoms with Crippen molar-refractivity contribution in [2.24, 2.45) is 0 Å². The Kier molecular flexibility index (Phi) is 6.71. The Balaban J connectivity index is 1.21. The SMILES string of the molecule is [CH2][C@H]1O[C@@H](n2ccc(N)nc2=O)C[C@@H]1OP(=O)(O)OC[C@H]1O[C@@H](n2cnc3c(N)ncnc32)[C@H](O)[C@@H]1O. The predicted octanol–water partition coefficient (Wildman–Crippen LogP) is -1.51. The van der Waals surface area contributed by atoms with E-state index in [1.54, 1.807) is 0 Å². The van der Waals surface area contributed by atoms with Crippen LogP contribution in [0.4, 0.5) is 11.6 Å². The first kappa shape index (κ1) is 25.6. The molecule has 2 fully saturated rings. The zero-order chi connectivity index (χ0) is 26.5. The fourth-order valence-corrected chi connectivity index (χ4v) is 5.11. The van der Waals surface area contributed by atoms with Crippen molar-refractivity contribution in [3.63, 3.8) is 0 Å². The number of nitrogens with zero attached hydrogens (tertiary/aromatic N) is 6. The summed E-state index contributed by atoms with van der Waals surface area (Å²) in [4.78, 5) is 37.9. The molecule has 0 spiro atoms. The zero-order valence-electron chi connectivity index (χ0n) is 19.0. The van der Waals surface area contributed by atoms with Crippen LogP contribution in [-0.4, -0.2) is 81.3 Å². The molecule has 2 aliphatic rings. The molecule has 2 saturated heterocycles. The molecule has 7 N–H and O–H groups in total. The molecule has 17 nitrogen and oxygen atoms in total. The van der Waals surface area contributed by atoms with Gasteiger partial charge in [-0.1, -0.05) is 0 Å². The summed E-state index contributed by atoms with van der Waals surface area (Å²) in [6.07, 6.45) is -4.15. The fraction of sp³-hybridized carbons (Fsp3) is 0.474. The third-order valence-electron chi connectivity index (χ3n) is 6.01. The maximum absolute atomic E-state index is 12.6. The van der Waals surface area contributed by atoms with Crippen LogP contribution < -0.4 is 17.2 Å². The first-order valence-corrected chi connectivity index (χ1v) is 12.5. The number of aromatic nitrogens is 6. The van der Waals surface area contributed by atoms with Gasteiger partial charge in [-0.05, 0) is 13.0 Å². The molecular weight excluding hydrogens is 515 g/mol. The summed E-state index contributed by atoms with van der Waals surface area (Å²) < 4.78 is 36.6. The van der Waals surface area contributed by atoms with Gasteiger partial charge in [0.25, 0.3) is 0 Å². The number of fused-ring (bicyclic) bond motifs is 1. The van der Waals surface area contributed by atoms with Gasteiger partial charge in [-0.3, -0.25) is 18.2 Å². The van der Waals surface area contributed by atoms with Gasteiger partial charge in [0.05, 0.1) is 25.1 Å². The minimum Gasteiger partial charge on any atom is -0.387 e. The first-order valence-electron chi connectivity index (χ1n) is 11.0. The van der Waals surface area contributed by atoms with Gasteiger partial charge in [0, 0.05) is 12.6 Å². The molecule has 0 saturated carbocycles. The number of anilines is 2. The molecule has 1 radical (unpaired) electrons. The summed E-state index contributed by atoms with van der Waals surface area (Å²) in [7, 11) is -4.71. The van der Waals surface area contributed by atoms with Crippen molar-refractivity contribution in [2.75, 3.05) is 18.1 Å². The Morgan fingerprint density at radius 1 is 1.19 bits per heavy atom. The quantitative estimate of drug-likeness (QED) is 0.214. The number of phosphoric acid groups is 1. The second-order valence-corrected chi connectivity index (χ2v) is 9.85. The molecule has 199 valence electrons. The van der Waals surface area contributed by atoms with Gasteiger partial charge in [0.2, 0.25) is 0 Å². The van der Waals surface area contributed by atoms with Crippen LogP contribution in [0.3, 0.4) is 0 Å². The van der Waals surface area contributed by atoms with Crippen LogP contribution >= 0.6 is 7.82 Å². The Labute approximate surface area is 208 Å². The van der Waals surface area contributed by atoms with E-state index in [-0.39, 0.29) is 29.2 Å². The standard InChI is InChI=1S/C19H24N8O9P/c1-8-9(4-12(34-8)26-3-2-11(20)25-19(26)30)36-37(31,32)33-5-10-14(28)15(29)18(35-10)27-7-24-13-16(21)22-6-23-17(13)27/h2-3,6-10,12,14-15,18,28-29H,1,4-5H2,(H,31,32)(H2,20,25,30)(H2,21,22,23)/t8-,9+,10-,12-,14-,15-,18-/m1/s1. The lowest BCUT2D eigenvalue weighted by molar-refractivity contribution is -0.0534. The van der Waals surface area contributed by atoms with Crippen molar-refractivity contribution in [3.05, 3.63) is 42.3 Å². The van der Waals surface area contributed by atoms with Crippen LogP contribution in [0.2, 0.25) is 0 Å². The average Bonchev–Trinajstić information content (AvgIpc) is 3.50. The maximum atomic E-state index is 12.6. The third-order valence-corrected chi connectivity index (χ3v) is 7.02. The van der Waals surface area contributed by atoms with Crippen molar-refractivity contribution in [1.82, 2.24) is 29.1 Å². The van der Waals surface area contributed by atoms with E-state index in [0.717, 1.165) is 4.57 Å². The first-order chi connectivity index (χ1) is 17.5. The van der Waals surface area contributed by atoms with Gasteiger partial charge in [-0.25, -0.2) is 24.3 Å². The van der Waals surface area contributed by atoms with Crippen molar-refractivity contribution in [2.45, 2.75) is 49.4 Å². The van der Waals surface area contributed by atoms with E-state index in [2.05, 4.69) is 26.9 Å². The molecule has 0 aromatic carbocycles. The van der Waals surface area contributed by atoms with Gasteiger partial charge in [-0.2, -0.15) is 4.98 Å². The maximum Gasteiger partial charge on any atom is 0.472 e. The van der Waals surface area contributed by atoms with Crippen LogP contribution in [0.25, 0.3) is 11.2 Å². The number of nitrogen functional groups attached to an aromatic ring is 2. The molecule has 0 aliphatic carbocycles. The highest BCUT2D eigenvalue weighted by molar-refractivity contribution is 7.47. The highest BCUT2D eigenvalue weighted by atomic mass is 31.2. The molecule has 8 atom stereocenters. The number of rotatable bonds is 7. The number of phosphoric ester groups is 1. The Morgan fingerprint density at radius 2 is 1.97 bits per heavy atom. The average molecular weight is 539 g/mol. The lowest BCUT2D eigenvalue weighted by atomic mass is 10.1. The molecule has 3 aromatic heterocycles. The van der Waals surface area contributed by atoms with Crippen molar-refractivity contribution in [1.29, 1.82) is 0 Å². The number of aliphatic hydroxyl groups excluding tert-OH is 2. The fourth-order valence-electron chi connectivity index (χ4n) is 4.15. The van der Waals surface area contributed by atoms with Gasteiger partial charge in [-0.15, -0.1) is 0 Å². The second kappa shape index (κ2) is 9.70. The number of nitrogens with two attached hydrogens (primary N) is 2. The molecule has 2 aliphatic heterocycles. The molecule has 0 amide bonds. The Bertz CT molecular complexity index is 1400. The van der Waals surface area contributed by atoms with E-state index in [9.17, 15) is 24.5 Å². The van der Waals surface area contributed by atoms with Crippen LogP contribution in [0, 0.1) is 6.92 Å². The second-order valence-electron chi connectivity index (χ2n) is 8.44. The molecular formula is C19H24N8O9P. The number of ether oxygens (including phenoxy) is 2. The lowest BCUT2D eigenvalue weighted by Crippen LogP contribution is -2.33. The van der Waals surface area contributed by atoms with Gasteiger partial charge in [0.1, 0.15) is 42.2 Å². The summed E-state index contributed by atoms with van der Waals surface area (Å²) in [5.41, 5.74) is 11.1. The summed E-state index contributed by atoms with van der Waals surface area (Å²) in [6, 6.07) is 1.40. The molecule has 5 heterocycles. The van der Waals surface area contributed by atoms with Gasteiger partial charge >= 0.3 is 13.5 Å². The van der Waals surface area contributed by atoms with Crippen molar-refractivity contribution >= 4 is 30.6 Å². The minimum atomic E-state index is -4.71. The smallest absolute Gasteiger partial charge is 0.387 e.